The number of nitrogens with zero attached hydrogens (tertiary/aromatic N) is 1. The highest BCUT2D eigenvalue weighted by Gasteiger charge is 2.43. The second-order valence-corrected chi connectivity index (χ2v) is 6.19. The van der Waals surface area contributed by atoms with E-state index >= 15 is 0 Å². The van der Waals surface area contributed by atoms with E-state index in [4.69, 9.17) is 0 Å². The van der Waals surface area contributed by atoms with Crippen LogP contribution in [0.3, 0.4) is 0 Å². The van der Waals surface area contributed by atoms with Crippen LogP contribution in [0, 0.1) is 5.92 Å². The second-order valence-electron chi connectivity index (χ2n) is 6.19. The van der Waals surface area contributed by atoms with E-state index in [0.717, 1.165) is 5.56 Å². The Bertz CT molecular complexity index is 518. The molecule has 1 aliphatic rings. The zero-order valence-corrected chi connectivity index (χ0v) is 13.4. The first kappa shape index (κ1) is 17.8. The zero-order chi connectivity index (χ0) is 17.0. The van der Waals surface area contributed by atoms with Crippen molar-refractivity contribution in [3.8, 4) is 0 Å². The van der Waals surface area contributed by atoms with E-state index in [0.29, 0.717) is 13.0 Å². The fraction of sp³-hybridized carbons (Fsp3) is 0.588. The second kappa shape index (κ2) is 7.34. The molecular formula is C17H23F3N2O. The number of hydrogen-bond donors (Lipinski definition) is 1. The Morgan fingerprint density at radius 3 is 2.52 bits per heavy atom. The summed E-state index contributed by atoms with van der Waals surface area (Å²) in [7, 11) is 0. The fourth-order valence-corrected chi connectivity index (χ4v) is 2.95. The fourth-order valence-electron chi connectivity index (χ4n) is 2.95. The quantitative estimate of drug-likeness (QED) is 0.917. The van der Waals surface area contributed by atoms with Crippen LogP contribution >= 0.6 is 0 Å². The van der Waals surface area contributed by atoms with Crippen LogP contribution in [0.15, 0.2) is 30.3 Å². The van der Waals surface area contributed by atoms with Crippen LogP contribution in [-0.2, 0) is 4.79 Å². The third kappa shape index (κ3) is 4.70. The van der Waals surface area contributed by atoms with Crippen LogP contribution in [0.25, 0.3) is 0 Å². The molecule has 0 bridgehead atoms. The van der Waals surface area contributed by atoms with Gasteiger partial charge in [-0.1, -0.05) is 30.3 Å². The summed E-state index contributed by atoms with van der Waals surface area (Å²) in [5.41, 5.74) is 0.972. The molecule has 1 heterocycles. The molecule has 23 heavy (non-hydrogen) atoms. The summed E-state index contributed by atoms with van der Waals surface area (Å²) >= 11 is 0. The van der Waals surface area contributed by atoms with Crippen LogP contribution in [0.5, 0.6) is 0 Å². The molecule has 1 amide bonds. The van der Waals surface area contributed by atoms with E-state index in [9.17, 15) is 18.0 Å². The van der Waals surface area contributed by atoms with E-state index in [1.165, 1.54) is 0 Å². The number of piperidine rings is 1. The van der Waals surface area contributed by atoms with E-state index in [1.807, 2.05) is 37.3 Å². The van der Waals surface area contributed by atoms with Gasteiger partial charge in [0.2, 0.25) is 5.91 Å². The zero-order valence-electron chi connectivity index (χ0n) is 13.4. The van der Waals surface area contributed by atoms with Gasteiger partial charge in [0.05, 0.1) is 18.0 Å². The summed E-state index contributed by atoms with van der Waals surface area (Å²) in [6.07, 6.45) is -3.57. The molecule has 1 saturated heterocycles. The molecule has 2 rings (SSSR count). The number of rotatable bonds is 4. The largest absolute Gasteiger partial charge is 0.393 e. The third-order valence-corrected chi connectivity index (χ3v) is 4.50. The number of likely N-dealkylation sites (tertiary alicyclic amines) is 1. The molecule has 1 aromatic carbocycles. The Labute approximate surface area is 134 Å². The Hall–Kier alpha value is -1.56. The number of hydrogen-bond acceptors (Lipinski definition) is 2. The molecule has 0 aliphatic carbocycles. The van der Waals surface area contributed by atoms with Crippen LogP contribution in [0.1, 0.15) is 38.3 Å². The van der Waals surface area contributed by atoms with E-state index < -0.39 is 18.1 Å². The molecule has 1 aliphatic heterocycles. The molecule has 0 radical (unpaired) electrons. The monoisotopic (exact) mass is 328 g/mol. The van der Waals surface area contributed by atoms with Gasteiger partial charge in [0.15, 0.2) is 0 Å². The number of benzene rings is 1. The predicted octanol–water partition coefficient (Wildman–Crippen LogP) is 3.53. The molecule has 0 aromatic heterocycles. The lowest BCUT2D eigenvalue weighted by Crippen LogP contribution is -2.51. The van der Waals surface area contributed by atoms with Gasteiger partial charge in [-0.25, -0.2) is 0 Å². The molecule has 6 heteroatoms. The molecule has 128 valence electrons. The number of alkyl halides is 3. The lowest BCUT2D eigenvalue weighted by molar-refractivity contribution is -0.189. The lowest BCUT2D eigenvalue weighted by atomic mass is 9.96. The van der Waals surface area contributed by atoms with Crippen molar-refractivity contribution in [2.24, 2.45) is 5.92 Å². The molecule has 1 aromatic rings. The van der Waals surface area contributed by atoms with Crippen LogP contribution in [0.2, 0.25) is 0 Å². The van der Waals surface area contributed by atoms with Gasteiger partial charge in [-0.05, 0) is 38.8 Å². The molecule has 1 fully saturated rings. The number of amides is 1. The minimum absolute atomic E-state index is 0.0994. The van der Waals surface area contributed by atoms with Crippen molar-refractivity contribution in [1.29, 1.82) is 0 Å². The highest BCUT2D eigenvalue weighted by atomic mass is 19.4. The summed E-state index contributed by atoms with van der Waals surface area (Å²) in [5, 5.41) is 2.88. The molecule has 1 N–H and O–H groups in total. The molecule has 0 saturated carbocycles. The average Bonchev–Trinajstić information content (AvgIpc) is 2.54. The first-order valence-corrected chi connectivity index (χ1v) is 7.95. The molecule has 0 spiro atoms. The van der Waals surface area contributed by atoms with Crippen molar-refractivity contribution in [2.75, 3.05) is 13.1 Å². The Kier molecular flexibility index (Phi) is 5.68. The standard InChI is InChI=1S/C17H23F3N2O/c1-12(14-7-4-3-5-8-14)21-16(23)13(2)22-10-6-9-15(11-22)17(18,19)20/h3-5,7-8,12-13,15H,6,9-11H2,1-2H3,(H,21,23)/t12-,13-,15+/m0/s1. The predicted molar refractivity (Wildman–Crippen MR) is 82.8 cm³/mol. The third-order valence-electron chi connectivity index (χ3n) is 4.50. The van der Waals surface area contributed by atoms with Crippen molar-refractivity contribution >= 4 is 5.91 Å². The van der Waals surface area contributed by atoms with Gasteiger partial charge in [0.1, 0.15) is 0 Å². The normalized spacial score (nSPS) is 22.4. The highest BCUT2D eigenvalue weighted by Crippen LogP contribution is 2.33. The van der Waals surface area contributed by atoms with Gasteiger partial charge >= 0.3 is 6.18 Å². The van der Waals surface area contributed by atoms with Crippen molar-refractivity contribution in [3.05, 3.63) is 35.9 Å². The number of carbonyl (C=O) groups is 1. The summed E-state index contributed by atoms with van der Waals surface area (Å²) in [5.74, 6) is -1.57. The van der Waals surface area contributed by atoms with Gasteiger partial charge in [0, 0.05) is 6.54 Å². The Morgan fingerprint density at radius 1 is 1.26 bits per heavy atom. The van der Waals surface area contributed by atoms with Gasteiger partial charge in [-0.15, -0.1) is 0 Å². The maximum Gasteiger partial charge on any atom is 0.393 e. The Balaban J connectivity index is 1.94. The van der Waals surface area contributed by atoms with E-state index in [1.54, 1.807) is 11.8 Å². The van der Waals surface area contributed by atoms with Crippen LogP contribution in [0.4, 0.5) is 13.2 Å². The van der Waals surface area contributed by atoms with E-state index in [-0.39, 0.29) is 24.9 Å². The summed E-state index contributed by atoms with van der Waals surface area (Å²) in [6, 6.07) is 8.76. The van der Waals surface area contributed by atoms with Crippen LogP contribution in [-0.4, -0.2) is 36.1 Å². The van der Waals surface area contributed by atoms with Gasteiger partial charge < -0.3 is 5.32 Å². The van der Waals surface area contributed by atoms with Gasteiger partial charge in [-0.3, -0.25) is 9.69 Å². The summed E-state index contributed by atoms with van der Waals surface area (Å²) in [6.45, 7) is 3.97. The minimum Gasteiger partial charge on any atom is -0.348 e. The first-order valence-electron chi connectivity index (χ1n) is 7.95. The number of carbonyl (C=O) groups excluding carboxylic acids is 1. The summed E-state index contributed by atoms with van der Waals surface area (Å²) in [4.78, 5) is 14.0. The number of halogens is 3. The molecular weight excluding hydrogens is 305 g/mol. The molecule has 3 nitrogen and oxygen atoms in total. The first-order chi connectivity index (χ1) is 10.8. The smallest absolute Gasteiger partial charge is 0.348 e. The Morgan fingerprint density at radius 2 is 1.91 bits per heavy atom. The van der Waals surface area contributed by atoms with Crippen molar-refractivity contribution < 1.29 is 18.0 Å². The van der Waals surface area contributed by atoms with Crippen molar-refractivity contribution in [3.63, 3.8) is 0 Å². The summed E-state index contributed by atoms with van der Waals surface area (Å²) < 4.78 is 38.7. The maximum atomic E-state index is 12.9. The highest BCUT2D eigenvalue weighted by molar-refractivity contribution is 5.81. The lowest BCUT2D eigenvalue weighted by Gasteiger charge is -2.37. The van der Waals surface area contributed by atoms with Gasteiger partial charge in [-0.2, -0.15) is 13.2 Å². The molecule has 0 unspecified atom stereocenters. The van der Waals surface area contributed by atoms with Crippen molar-refractivity contribution in [1.82, 2.24) is 10.2 Å². The van der Waals surface area contributed by atoms with Crippen molar-refractivity contribution in [2.45, 2.75) is 44.9 Å². The number of nitrogens with one attached hydrogen (secondary N) is 1. The molecule has 3 atom stereocenters. The van der Waals surface area contributed by atoms with E-state index in [2.05, 4.69) is 5.32 Å². The minimum atomic E-state index is -4.19. The topological polar surface area (TPSA) is 32.3 Å². The average molecular weight is 328 g/mol. The SMILES string of the molecule is C[C@H](NC(=O)[C@H](C)N1CCC[C@@H](C(F)(F)F)C1)c1ccccc1. The van der Waals surface area contributed by atoms with Gasteiger partial charge in [0.25, 0.3) is 0 Å². The maximum absolute atomic E-state index is 12.9. The van der Waals surface area contributed by atoms with Crippen LogP contribution < -0.4 is 5.32 Å².